The van der Waals surface area contributed by atoms with Gasteiger partial charge in [0.2, 0.25) is 5.91 Å². The number of unbranched alkanes of at least 4 members (excludes halogenated alkanes) is 3. The summed E-state index contributed by atoms with van der Waals surface area (Å²) in [7, 11) is 0. The number of nitrogens with one attached hydrogen (secondary N) is 1. The lowest BCUT2D eigenvalue weighted by molar-refractivity contribution is -0.269. The Bertz CT molecular complexity index is 1080. The molecule has 38 heavy (non-hydrogen) atoms. The molecule has 2 fully saturated rings. The third-order valence-corrected chi connectivity index (χ3v) is 7.04. The number of aliphatic hydroxyl groups is 1. The first-order valence-electron chi connectivity index (χ1n) is 13.3. The standard InChI is InChI=1S/C28H40N4O5S/c1-19(2)15-22-27(36)31-21(16-28(3,4)5)26(35)29-17-24(31)32(37-22)25(34)13-12-23-30-20(18-38-23)11-9-7-6-8-10-14-33/h12-13,18-19,21-22,24,33H,6-8,10,14-17H2,1-5H3,(H,29,35)/b13-12+/t21-,22+,24?/m0/s1. The molecule has 0 radical (unpaired) electrons. The molecule has 2 saturated heterocycles. The van der Waals surface area contributed by atoms with E-state index in [1.807, 2.05) is 40.0 Å². The minimum absolute atomic E-state index is 0.106. The smallest absolute Gasteiger partial charge is 0.272 e. The monoisotopic (exact) mass is 544 g/mol. The van der Waals surface area contributed by atoms with Crippen molar-refractivity contribution in [3.63, 3.8) is 0 Å². The van der Waals surface area contributed by atoms with Crippen LogP contribution in [-0.2, 0) is 19.2 Å². The predicted octanol–water partition coefficient (Wildman–Crippen LogP) is 3.34. The summed E-state index contributed by atoms with van der Waals surface area (Å²) in [6, 6.07) is -0.678. The van der Waals surface area contributed by atoms with E-state index in [0.29, 0.717) is 23.5 Å². The Morgan fingerprint density at radius 3 is 2.76 bits per heavy atom. The first-order chi connectivity index (χ1) is 18.0. The van der Waals surface area contributed by atoms with Crippen LogP contribution in [0.4, 0.5) is 0 Å². The van der Waals surface area contributed by atoms with Gasteiger partial charge < -0.3 is 15.3 Å². The highest BCUT2D eigenvalue weighted by molar-refractivity contribution is 7.10. The summed E-state index contributed by atoms with van der Waals surface area (Å²) >= 11 is 1.38. The van der Waals surface area contributed by atoms with E-state index in [0.717, 1.165) is 25.7 Å². The highest BCUT2D eigenvalue weighted by Crippen LogP contribution is 2.32. The van der Waals surface area contributed by atoms with E-state index in [1.54, 1.807) is 11.0 Å². The zero-order valence-electron chi connectivity index (χ0n) is 23.0. The van der Waals surface area contributed by atoms with Crippen LogP contribution >= 0.6 is 11.3 Å². The number of nitrogens with zero attached hydrogens (tertiary/aromatic N) is 3. The Hall–Kier alpha value is -2.74. The summed E-state index contributed by atoms with van der Waals surface area (Å²) in [4.78, 5) is 51.6. The molecule has 2 aliphatic rings. The number of fused-ring (bicyclic) bond motifs is 1. The fraction of sp³-hybridized carbons (Fsp3) is 0.643. The SMILES string of the molecule is CC(C)C[C@H]1ON(C(=O)/C=C/c2nc(C#CCCCCCO)cs2)C2CNC(=O)[C@H](CC(C)(C)C)N2C1=O. The number of aliphatic hydroxyl groups excluding tert-OH is 1. The molecule has 1 aromatic rings. The van der Waals surface area contributed by atoms with Crippen LogP contribution in [0.1, 0.15) is 83.8 Å². The zero-order chi connectivity index (χ0) is 27.9. The van der Waals surface area contributed by atoms with Crippen LogP contribution in [0.15, 0.2) is 11.5 Å². The van der Waals surface area contributed by atoms with Crippen molar-refractivity contribution in [2.45, 2.75) is 91.5 Å². The zero-order valence-corrected chi connectivity index (χ0v) is 23.8. The molecule has 0 aliphatic carbocycles. The minimum atomic E-state index is -0.837. The fourth-order valence-corrected chi connectivity index (χ4v) is 5.13. The van der Waals surface area contributed by atoms with E-state index in [4.69, 9.17) is 9.94 Å². The highest BCUT2D eigenvalue weighted by atomic mass is 32.1. The number of amides is 3. The first kappa shape index (κ1) is 29.8. The van der Waals surface area contributed by atoms with Gasteiger partial charge in [-0.25, -0.2) is 4.98 Å². The van der Waals surface area contributed by atoms with Gasteiger partial charge in [-0.1, -0.05) is 47.0 Å². The number of carbonyl (C=O) groups is 3. The average molecular weight is 545 g/mol. The van der Waals surface area contributed by atoms with Crippen LogP contribution in [-0.4, -0.2) is 69.2 Å². The number of piperazine rings is 1. The van der Waals surface area contributed by atoms with Gasteiger partial charge in [0.1, 0.15) is 16.7 Å². The maximum Gasteiger partial charge on any atom is 0.272 e. The van der Waals surface area contributed by atoms with Gasteiger partial charge in [0.15, 0.2) is 12.3 Å². The quantitative estimate of drug-likeness (QED) is 0.280. The second-order valence-corrected chi connectivity index (χ2v) is 12.3. The van der Waals surface area contributed by atoms with Gasteiger partial charge >= 0.3 is 0 Å². The van der Waals surface area contributed by atoms with Gasteiger partial charge in [-0.05, 0) is 49.0 Å². The van der Waals surface area contributed by atoms with Crippen molar-refractivity contribution in [3.8, 4) is 11.8 Å². The number of rotatable bonds is 9. The topological polar surface area (TPSA) is 112 Å². The molecule has 3 heterocycles. The summed E-state index contributed by atoms with van der Waals surface area (Å²) in [5, 5.41) is 15.4. The molecule has 3 atom stereocenters. The van der Waals surface area contributed by atoms with Crippen molar-refractivity contribution in [2.75, 3.05) is 13.2 Å². The third kappa shape index (κ3) is 8.13. The summed E-state index contributed by atoms with van der Waals surface area (Å²) in [6.07, 6.45) is 5.77. The van der Waals surface area contributed by atoms with Gasteiger partial charge in [-0.2, -0.15) is 5.06 Å². The Morgan fingerprint density at radius 1 is 1.32 bits per heavy atom. The van der Waals surface area contributed by atoms with Crippen molar-refractivity contribution < 1.29 is 24.3 Å². The molecule has 0 spiro atoms. The molecule has 1 unspecified atom stereocenters. The van der Waals surface area contributed by atoms with E-state index in [2.05, 4.69) is 22.1 Å². The molecular weight excluding hydrogens is 504 g/mol. The first-order valence-corrected chi connectivity index (χ1v) is 14.2. The maximum atomic E-state index is 13.5. The molecule has 0 bridgehead atoms. The lowest BCUT2D eigenvalue weighted by atomic mass is 9.85. The fourth-order valence-electron chi connectivity index (χ4n) is 4.49. The van der Waals surface area contributed by atoms with Crippen molar-refractivity contribution >= 4 is 35.1 Å². The Morgan fingerprint density at radius 2 is 2.08 bits per heavy atom. The third-order valence-electron chi connectivity index (χ3n) is 6.24. The molecule has 3 rings (SSSR count). The minimum Gasteiger partial charge on any atom is -0.396 e. The molecule has 10 heteroatoms. The number of hydrogen-bond donors (Lipinski definition) is 2. The Kier molecular flexibility index (Phi) is 10.5. The van der Waals surface area contributed by atoms with Gasteiger partial charge in [-0.15, -0.1) is 11.3 Å². The Labute approximate surface area is 229 Å². The van der Waals surface area contributed by atoms with E-state index >= 15 is 0 Å². The number of hydrogen-bond acceptors (Lipinski definition) is 7. The molecule has 2 aliphatic heterocycles. The Balaban J connectivity index is 1.76. The highest BCUT2D eigenvalue weighted by Gasteiger charge is 2.51. The molecule has 0 saturated carbocycles. The summed E-state index contributed by atoms with van der Waals surface area (Å²) < 4.78 is 0. The van der Waals surface area contributed by atoms with Crippen LogP contribution in [0.25, 0.3) is 6.08 Å². The molecule has 1 aromatic heterocycles. The number of hydroxylamine groups is 2. The van der Waals surface area contributed by atoms with Crippen LogP contribution in [0.5, 0.6) is 0 Å². The molecule has 3 amide bonds. The summed E-state index contributed by atoms with van der Waals surface area (Å²) in [5.74, 6) is 5.42. The van der Waals surface area contributed by atoms with Crippen LogP contribution < -0.4 is 5.32 Å². The van der Waals surface area contributed by atoms with E-state index in [1.165, 1.54) is 22.5 Å². The van der Waals surface area contributed by atoms with E-state index < -0.39 is 24.2 Å². The molecule has 2 N–H and O–H groups in total. The van der Waals surface area contributed by atoms with Crippen LogP contribution in [0, 0.1) is 23.2 Å². The molecular formula is C28H40N4O5S. The molecule has 9 nitrogen and oxygen atoms in total. The normalized spacial score (nSPS) is 21.9. The van der Waals surface area contributed by atoms with E-state index in [9.17, 15) is 14.4 Å². The van der Waals surface area contributed by atoms with E-state index in [-0.39, 0.29) is 36.3 Å². The van der Waals surface area contributed by atoms with Crippen LogP contribution in [0.3, 0.4) is 0 Å². The van der Waals surface area contributed by atoms with Gasteiger partial charge in [0.25, 0.3) is 11.8 Å². The van der Waals surface area contributed by atoms with Crippen LogP contribution in [0.2, 0.25) is 0 Å². The van der Waals surface area contributed by atoms with Gasteiger partial charge in [0.05, 0.1) is 6.54 Å². The molecule has 0 aromatic carbocycles. The number of thiazole rings is 1. The maximum absolute atomic E-state index is 13.5. The van der Waals surface area contributed by atoms with Crippen molar-refractivity contribution in [1.82, 2.24) is 20.3 Å². The number of aromatic nitrogens is 1. The second kappa shape index (κ2) is 13.4. The number of carbonyl (C=O) groups excluding carboxylic acids is 3. The average Bonchev–Trinajstić information content (AvgIpc) is 3.29. The van der Waals surface area contributed by atoms with Crippen molar-refractivity contribution in [1.29, 1.82) is 0 Å². The lowest BCUT2D eigenvalue weighted by Gasteiger charge is -2.51. The largest absolute Gasteiger partial charge is 0.396 e. The summed E-state index contributed by atoms with van der Waals surface area (Å²) in [6.45, 7) is 10.4. The predicted molar refractivity (Wildman–Crippen MR) is 146 cm³/mol. The van der Waals surface area contributed by atoms with Gasteiger partial charge in [-0.3, -0.25) is 19.2 Å². The second-order valence-electron chi connectivity index (χ2n) is 11.4. The lowest BCUT2D eigenvalue weighted by Crippen LogP contribution is -2.73. The van der Waals surface area contributed by atoms with Crippen molar-refractivity contribution in [2.24, 2.45) is 11.3 Å². The van der Waals surface area contributed by atoms with Crippen molar-refractivity contribution in [3.05, 3.63) is 22.2 Å². The summed E-state index contributed by atoms with van der Waals surface area (Å²) in [5.41, 5.74) is 0.447. The van der Waals surface area contributed by atoms with Gasteiger partial charge in [0, 0.05) is 24.5 Å². The molecule has 208 valence electrons.